The Bertz CT molecular complexity index is 294. The first kappa shape index (κ1) is 10.3. The van der Waals surface area contributed by atoms with Gasteiger partial charge in [-0.2, -0.15) is 0 Å². The van der Waals surface area contributed by atoms with Crippen molar-refractivity contribution >= 4 is 17.1 Å². The molecule has 0 aliphatic rings. The molecule has 1 heterocycles. The van der Waals surface area contributed by atoms with Crippen molar-refractivity contribution in [3.05, 3.63) is 10.0 Å². The minimum absolute atomic E-state index is 0.256. The standard InChI is InChI=1S/C9H14N2OS/c1-6(2)4-8(12)5-9-11-10-7(3)13-9/h6H,4-5H2,1-3H3. The summed E-state index contributed by atoms with van der Waals surface area (Å²) in [5.74, 6) is 0.688. The van der Waals surface area contributed by atoms with Gasteiger partial charge in [-0.1, -0.05) is 13.8 Å². The Morgan fingerprint density at radius 1 is 1.46 bits per heavy atom. The number of nitrogens with zero attached hydrogens (tertiary/aromatic N) is 2. The monoisotopic (exact) mass is 198 g/mol. The Morgan fingerprint density at radius 3 is 2.62 bits per heavy atom. The molecule has 0 aliphatic carbocycles. The minimum atomic E-state index is 0.256. The van der Waals surface area contributed by atoms with E-state index >= 15 is 0 Å². The van der Waals surface area contributed by atoms with Gasteiger partial charge in [0.25, 0.3) is 0 Å². The first-order chi connectivity index (χ1) is 6.08. The van der Waals surface area contributed by atoms with Gasteiger partial charge < -0.3 is 0 Å². The van der Waals surface area contributed by atoms with Crippen LogP contribution in [0.25, 0.3) is 0 Å². The van der Waals surface area contributed by atoms with Gasteiger partial charge >= 0.3 is 0 Å². The lowest BCUT2D eigenvalue weighted by Crippen LogP contribution is -2.05. The number of ketones is 1. The van der Waals surface area contributed by atoms with Crippen LogP contribution in [0, 0.1) is 12.8 Å². The van der Waals surface area contributed by atoms with Gasteiger partial charge in [-0.05, 0) is 12.8 Å². The summed E-state index contributed by atoms with van der Waals surface area (Å²) in [6.45, 7) is 5.99. The van der Waals surface area contributed by atoms with Crippen LogP contribution in [0.1, 0.15) is 30.3 Å². The largest absolute Gasteiger partial charge is 0.299 e. The zero-order valence-corrected chi connectivity index (χ0v) is 9.02. The molecular formula is C9H14N2OS. The quantitative estimate of drug-likeness (QED) is 0.743. The van der Waals surface area contributed by atoms with Crippen LogP contribution in [0.4, 0.5) is 0 Å². The zero-order valence-electron chi connectivity index (χ0n) is 8.20. The smallest absolute Gasteiger partial charge is 0.140 e. The van der Waals surface area contributed by atoms with E-state index in [0.717, 1.165) is 10.0 Å². The maximum absolute atomic E-state index is 11.4. The van der Waals surface area contributed by atoms with Crippen LogP contribution in [0.3, 0.4) is 0 Å². The second kappa shape index (κ2) is 4.46. The number of carbonyl (C=O) groups is 1. The molecule has 0 N–H and O–H groups in total. The van der Waals surface area contributed by atoms with Crippen molar-refractivity contribution in [2.45, 2.75) is 33.6 Å². The Kier molecular flexibility index (Phi) is 3.54. The van der Waals surface area contributed by atoms with Gasteiger partial charge in [0.2, 0.25) is 0 Å². The molecule has 1 rings (SSSR count). The second-order valence-electron chi connectivity index (χ2n) is 3.53. The van der Waals surface area contributed by atoms with Gasteiger partial charge in [0.05, 0.1) is 6.42 Å². The highest BCUT2D eigenvalue weighted by molar-refractivity contribution is 7.11. The molecule has 1 aromatic heterocycles. The molecule has 0 aliphatic heterocycles. The van der Waals surface area contributed by atoms with Crippen molar-refractivity contribution in [1.82, 2.24) is 10.2 Å². The fraction of sp³-hybridized carbons (Fsp3) is 0.667. The third-order valence-electron chi connectivity index (χ3n) is 1.55. The zero-order chi connectivity index (χ0) is 9.84. The van der Waals surface area contributed by atoms with Gasteiger partial charge in [-0.15, -0.1) is 21.5 Å². The first-order valence-electron chi connectivity index (χ1n) is 4.38. The van der Waals surface area contributed by atoms with E-state index in [0.29, 0.717) is 18.8 Å². The number of hydrogen-bond acceptors (Lipinski definition) is 4. The molecule has 0 aromatic carbocycles. The van der Waals surface area contributed by atoms with E-state index < -0.39 is 0 Å². The van der Waals surface area contributed by atoms with Crippen molar-refractivity contribution in [1.29, 1.82) is 0 Å². The fourth-order valence-corrected chi connectivity index (χ4v) is 1.84. The van der Waals surface area contributed by atoms with Crippen molar-refractivity contribution in [2.24, 2.45) is 5.92 Å². The number of Topliss-reactive ketones (excluding diaryl/α,β-unsaturated/α-hetero) is 1. The summed E-state index contributed by atoms with van der Waals surface area (Å²) in [7, 11) is 0. The molecule has 0 saturated heterocycles. The van der Waals surface area contributed by atoms with E-state index in [2.05, 4.69) is 10.2 Å². The third-order valence-corrected chi connectivity index (χ3v) is 2.39. The molecule has 1 aromatic rings. The Labute approximate surface area is 82.2 Å². The summed E-state index contributed by atoms with van der Waals surface area (Å²) < 4.78 is 0. The van der Waals surface area contributed by atoms with Gasteiger partial charge in [-0.25, -0.2) is 0 Å². The highest BCUT2D eigenvalue weighted by Gasteiger charge is 2.09. The molecule has 0 atom stereocenters. The van der Waals surface area contributed by atoms with Crippen LogP contribution < -0.4 is 0 Å². The van der Waals surface area contributed by atoms with Gasteiger partial charge in [-0.3, -0.25) is 4.79 Å². The SMILES string of the molecule is Cc1nnc(CC(=O)CC(C)C)s1. The number of hydrogen-bond donors (Lipinski definition) is 0. The average Bonchev–Trinajstić information content (AvgIpc) is 2.33. The second-order valence-corrected chi connectivity index (χ2v) is 4.79. The summed E-state index contributed by atoms with van der Waals surface area (Å²) in [5, 5.41) is 9.54. The lowest BCUT2D eigenvalue weighted by atomic mass is 10.1. The molecule has 13 heavy (non-hydrogen) atoms. The van der Waals surface area contributed by atoms with Gasteiger partial charge in [0.15, 0.2) is 0 Å². The highest BCUT2D eigenvalue weighted by atomic mass is 32.1. The maximum atomic E-state index is 11.4. The molecule has 0 bridgehead atoms. The molecule has 0 fully saturated rings. The fourth-order valence-electron chi connectivity index (χ4n) is 1.11. The van der Waals surface area contributed by atoms with E-state index in [1.807, 2.05) is 20.8 Å². The topological polar surface area (TPSA) is 42.9 Å². The summed E-state index contributed by atoms with van der Waals surface area (Å²) in [6.07, 6.45) is 1.09. The van der Waals surface area contributed by atoms with Crippen LogP contribution in [0.2, 0.25) is 0 Å². The lowest BCUT2D eigenvalue weighted by molar-refractivity contribution is -0.119. The van der Waals surface area contributed by atoms with E-state index in [9.17, 15) is 4.79 Å². The summed E-state index contributed by atoms with van der Waals surface area (Å²) in [4.78, 5) is 11.4. The molecule has 72 valence electrons. The van der Waals surface area contributed by atoms with Crippen molar-refractivity contribution in [3.63, 3.8) is 0 Å². The molecule has 0 spiro atoms. The molecule has 0 radical (unpaired) electrons. The minimum Gasteiger partial charge on any atom is -0.299 e. The first-order valence-corrected chi connectivity index (χ1v) is 5.20. The van der Waals surface area contributed by atoms with E-state index in [1.54, 1.807) is 0 Å². The normalized spacial score (nSPS) is 10.8. The van der Waals surface area contributed by atoms with Crippen LogP contribution in [0.15, 0.2) is 0 Å². The highest BCUT2D eigenvalue weighted by Crippen LogP contribution is 2.11. The molecule has 0 unspecified atom stereocenters. The van der Waals surface area contributed by atoms with Crippen LogP contribution in [0.5, 0.6) is 0 Å². The summed E-state index contributed by atoms with van der Waals surface area (Å²) >= 11 is 1.50. The Hall–Kier alpha value is -0.770. The number of aromatic nitrogens is 2. The number of carbonyl (C=O) groups excluding carboxylic acids is 1. The number of rotatable bonds is 4. The lowest BCUT2D eigenvalue weighted by Gasteiger charge is -2.00. The molecular weight excluding hydrogens is 184 g/mol. The Balaban J connectivity index is 2.45. The van der Waals surface area contributed by atoms with Crippen LogP contribution in [-0.4, -0.2) is 16.0 Å². The van der Waals surface area contributed by atoms with Crippen molar-refractivity contribution < 1.29 is 4.79 Å². The molecule has 0 saturated carbocycles. The van der Waals surface area contributed by atoms with E-state index in [-0.39, 0.29) is 5.78 Å². The predicted octanol–water partition coefficient (Wildman–Crippen LogP) is 2.00. The number of aryl methyl sites for hydroxylation is 1. The summed E-state index contributed by atoms with van der Waals surface area (Å²) in [6, 6.07) is 0. The van der Waals surface area contributed by atoms with E-state index in [4.69, 9.17) is 0 Å². The van der Waals surface area contributed by atoms with Gasteiger partial charge in [0, 0.05) is 6.42 Å². The molecule has 3 nitrogen and oxygen atoms in total. The molecule has 0 amide bonds. The van der Waals surface area contributed by atoms with Crippen LogP contribution in [-0.2, 0) is 11.2 Å². The van der Waals surface area contributed by atoms with Crippen LogP contribution >= 0.6 is 11.3 Å². The average molecular weight is 198 g/mol. The van der Waals surface area contributed by atoms with Crippen molar-refractivity contribution in [2.75, 3.05) is 0 Å². The third kappa shape index (κ3) is 3.63. The van der Waals surface area contributed by atoms with Crippen molar-refractivity contribution in [3.8, 4) is 0 Å². The maximum Gasteiger partial charge on any atom is 0.140 e. The predicted molar refractivity (Wildman–Crippen MR) is 52.8 cm³/mol. The Morgan fingerprint density at radius 2 is 2.15 bits per heavy atom. The summed E-state index contributed by atoms with van der Waals surface area (Å²) in [5.41, 5.74) is 0. The molecule has 4 heteroatoms. The van der Waals surface area contributed by atoms with E-state index in [1.165, 1.54) is 11.3 Å². The van der Waals surface area contributed by atoms with Gasteiger partial charge in [0.1, 0.15) is 15.8 Å².